The molecule has 0 bridgehead atoms. The van der Waals surface area contributed by atoms with Gasteiger partial charge in [0.25, 0.3) is 5.56 Å². The van der Waals surface area contributed by atoms with Crippen LogP contribution in [0, 0.1) is 11.7 Å². The van der Waals surface area contributed by atoms with Crippen molar-refractivity contribution in [1.82, 2.24) is 18.7 Å². The molecule has 2 aromatic heterocycles. The van der Waals surface area contributed by atoms with Gasteiger partial charge in [0.15, 0.2) is 16.9 Å². The first-order valence-electron chi connectivity index (χ1n) is 10.4. The molecule has 9 heteroatoms. The van der Waals surface area contributed by atoms with E-state index in [-0.39, 0.29) is 41.6 Å². The lowest BCUT2D eigenvalue weighted by atomic mass is 10.1. The molecule has 0 saturated heterocycles. The lowest BCUT2D eigenvalue weighted by molar-refractivity contribution is 0.0973. The molecular weight excluding hydrogens is 427 g/mol. The Morgan fingerprint density at radius 2 is 1.88 bits per heavy atom. The van der Waals surface area contributed by atoms with Crippen LogP contribution in [0.2, 0.25) is 0 Å². The number of ketones is 1. The summed E-state index contributed by atoms with van der Waals surface area (Å²) in [6.07, 6.45) is 1.35. The molecule has 2 heterocycles. The number of carbonyl (C=O) groups excluding carboxylic acids is 1. The number of nitrogens with zero attached hydrogens (tertiary/aromatic N) is 4. The summed E-state index contributed by atoms with van der Waals surface area (Å²) in [4.78, 5) is 43.8. The molecule has 0 radical (unpaired) electrons. The molecular formula is C24H23FN4O4. The summed E-state index contributed by atoms with van der Waals surface area (Å²) in [6, 6.07) is 12.2. The highest BCUT2D eigenvalue weighted by Crippen LogP contribution is 2.17. The fourth-order valence-corrected chi connectivity index (χ4v) is 3.72. The average Bonchev–Trinajstić information content (AvgIpc) is 3.20. The average molecular weight is 450 g/mol. The van der Waals surface area contributed by atoms with Crippen molar-refractivity contribution in [2.24, 2.45) is 5.92 Å². The van der Waals surface area contributed by atoms with Gasteiger partial charge < -0.3 is 9.30 Å². The Labute approximate surface area is 188 Å². The van der Waals surface area contributed by atoms with Crippen molar-refractivity contribution < 1.29 is 13.9 Å². The monoisotopic (exact) mass is 450 g/mol. The van der Waals surface area contributed by atoms with Gasteiger partial charge in [-0.1, -0.05) is 32.0 Å². The van der Waals surface area contributed by atoms with E-state index in [9.17, 15) is 18.8 Å². The van der Waals surface area contributed by atoms with Crippen molar-refractivity contribution in [2.75, 3.05) is 7.11 Å². The standard InChI is InChI=1S/C24H23FN4O4/c1-15(2)12-28-23(31)21-22(29(24(28)32)18-8-5-7-17(25)11-18)26-14-27(21)13-20(30)16-6-4-9-19(10-16)33-3/h4-11,14-15H,12-13H2,1-3H3. The van der Waals surface area contributed by atoms with Crippen LogP contribution in [0.5, 0.6) is 5.75 Å². The van der Waals surface area contributed by atoms with Gasteiger partial charge in [0, 0.05) is 12.1 Å². The van der Waals surface area contributed by atoms with Gasteiger partial charge in [0.05, 0.1) is 25.7 Å². The minimum Gasteiger partial charge on any atom is -0.497 e. The number of hydrogen-bond acceptors (Lipinski definition) is 5. The Bertz CT molecular complexity index is 1470. The maximum absolute atomic E-state index is 13.9. The van der Waals surface area contributed by atoms with Crippen molar-refractivity contribution in [1.29, 1.82) is 0 Å². The van der Waals surface area contributed by atoms with E-state index in [0.717, 1.165) is 4.57 Å². The van der Waals surface area contributed by atoms with Crippen molar-refractivity contribution in [2.45, 2.75) is 26.9 Å². The van der Waals surface area contributed by atoms with Crippen LogP contribution in [-0.4, -0.2) is 31.6 Å². The third-order valence-corrected chi connectivity index (χ3v) is 5.22. The van der Waals surface area contributed by atoms with E-state index in [1.807, 2.05) is 13.8 Å². The molecule has 0 N–H and O–H groups in total. The van der Waals surface area contributed by atoms with E-state index < -0.39 is 17.1 Å². The largest absolute Gasteiger partial charge is 0.497 e. The molecule has 0 aliphatic carbocycles. The Hall–Kier alpha value is -4.01. The number of ether oxygens (including phenoxy) is 1. The maximum atomic E-state index is 13.9. The first kappa shape index (κ1) is 22.2. The maximum Gasteiger partial charge on any atom is 0.337 e. The van der Waals surface area contributed by atoms with Crippen molar-refractivity contribution >= 4 is 16.9 Å². The van der Waals surface area contributed by atoms with E-state index in [4.69, 9.17) is 4.74 Å². The van der Waals surface area contributed by atoms with E-state index in [1.54, 1.807) is 30.3 Å². The number of Topliss-reactive ketones (excluding diaryl/α,β-unsaturated/α-hetero) is 1. The zero-order chi connectivity index (χ0) is 23.7. The van der Waals surface area contributed by atoms with Crippen molar-refractivity contribution in [3.8, 4) is 11.4 Å². The van der Waals surface area contributed by atoms with Crippen LogP contribution in [0.1, 0.15) is 24.2 Å². The highest BCUT2D eigenvalue weighted by molar-refractivity contribution is 5.96. The van der Waals surface area contributed by atoms with Crippen LogP contribution in [0.25, 0.3) is 16.9 Å². The summed E-state index contributed by atoms with van der Waals surface area (Å²) >= 11 is 0. The molecule has 33 heavy (non-hydrogen) atoms. The predicted molar refractivity (Wildman–Crippen MR) is 122 cm³/mol. The van der Waals surface area contributed by atoms with E-state index >= 15 is 0 Å². The number of rotatable bonds is 7. The van der Waals surface area contributed by atoms with Crippen molar-refractivity contribution in [3.63, 3.8) is 0 Å². The van der Waals surface area contributed by atoms with Crippen molar-refractivity contribution in [3.05, 3.63) is 87.1 Å². The first-order chi connectivity index (χ1) is 15.8. The zero-order valence-electron chi connectivity index (χ0n) is 18.5. The van der Waals surface area contributed by atoms with Crippen LogP contribution in [0.15, 0.2) is 64.4 Å². The second kappa shape index (κ2) is 8.85. The molecule has 4 aromatic rings. The van der Waals surface area contributed by atoms with Gasteiger partial charge in [0.1, 0.15) is 11.6 Å². The number of aromatic nitrogens is 4. The van der Waals surface area contributed by atoms with Gasteiger partial charge in [-0.15, -0.1) is 0 Å². The number of imidazole rings is 1. The topological polar surface area (TPSA) is 88.1 Å². The molecule has 4 rings (SSSR count). The van der Waals surface area contributed by atoms with Gasteiger partial charge >= 0.3 is 5.69 Å². The van der Waals surface area contributed by atoms with Gasteiger partial charge in [-0.2, -0.15) is 0 Å². The Morgan fingerprint density at radius 1 is 1.12 bits per heavy atom. The molecule has 2 aromatic carbocycles. The van der Waals surface area contributed by atoms with Crippen LogP contribution in [-0.2, 0) is 13.1 Å². The third kappa shape index (κ3) is 4.21. The molecule has 0 saturated carbocycles. The summed E-state index contributed by atoms with van der Waals surface area (Å²) in [5.41, 5.74) is -0.350. The second-order valence-electron chi connectivity index (χ2n) is 8.11. The van der Waals surface area contributed by atoms with E-state index in [2.05, 4.69) is 4.98 Å². The van der Waals surface area contributed by atoms with Crippen LogP contribution < -0.4 is 16.0 Å². The van der Waals surface area contributed by atoms with Gasteiger partial charge in [-0.25, -0.2) is 18.7 Å². The SMILES string of the molecule is COc1cccc(C(=O)Cn2cnc3c2c(=O)n(CC(C)C)c(=O)n3-c2cccc(F)c2)c1. The number of carbonyl (C=O) groups is 1. The molecule has 0 unspecified atom stereocenters. The molecule has 0 aliphatic rings. The second-order valence-corrected chi connectivity index (χ2v) is 8.11. The van der Waals surface area contributed by atoms with Crippen LogP contribution >= 0.6 is 0 Å². The summed E-state index contributed by atoms with van der Waals surface area (Å²) < 4.78 is 22.8. The quantitative estimate of drug-likeness (QED) is 0.404. The Balaban J connectivity index is 1.91. The highest BCUT2D eigenvalue weighted by Gasteiger charge is 2.21. The highest BCUT2D eigenvalue weighted by atomic mass is 19.1. The lowest BCUT2D eigenvalue weighted by Gasteiger charge is -2.14. The lowest BCUT2D eigenvalue weighted by Crippen LogP contribution is -2.41. The smallest absolute Gasteiger partial charge is 0.337 e. The molecule has 0 spiro atoms. The number of hydrogen-bond donors (Lipinski definition) is 0. The summed E-state index contributed by atoms with van der Waals surface area (Å²) in [6.45, 7) is 3.76. The fraction of sp³-hybridized carbons (Fsp3) is 0.250. The predicted octanol–water partition coefficient (Wildman–Crippen LogP) is 3.04. The Morgan fingerprint density at radius 3 is 2.58 bits per heavy atom. The third-order valence-electron chi connectivity index (χ3n) is 5.22. The minimum absolute atomic E-state index is 0.00333. The molecule has 170 valence electrons. The number of fused-ring (bicyclic) bond motifs is 1. The summed E-state index contributed by atoms with van der Waals surface area (Å²) in [5.74, 6) is -0.243. The van der Waals surface area contributed by atoms with E-state index in [0.29, 0.717) is 11.3 Å². The molecule has 0 fully saturated rings. The molecule has 0 atom stereocenters. The number of halogens is 1. The van der Waals surface area contributed by atoms with Crippen LogP contribution in [0.3, 0.4) is 0 Å². The number of methoxy groups -OCH3 is 1. The molecule has 0 amide bonds. The summed E-state index contributed by atoms with van der Waals surface area (Å²) in [7, 11) is 1.51. The van der Waals surface area contributed by atoms with E-state index in [1.165, 1.54) is 40.8 Å². The molecule has 8 nitrogen and oxygen atoms in total. The normalized spacial score (nSPS) is 11.3. The first-order valence-corrected chi connectivity index (χ1v) is 10.4. The van der Waals surface area contributed by atoms with Gasteiger partial charge in [0.2, 0.25) is 0 Å². The van der Waals surface area contributed by atoms with Gasteiger partial charge in [-0.3, -0.25) is 14.2 Å². The molecule has 0 aliphatic heterocycles. The minimum atomic E-state index is -0.615. The number of benzene rings is 2. The zero-order valence-corrected chi connectivity index (χ0v) is 18.5. The summed E-state index contributed by atoms with van der Waals surface area (Å²) in [5, 5.41) is 0. The van der Waals surface area contributed by atoms with Gasteiger partial charge in [-0.05, 0) is 36.2 Å². The van der Waals surface area contributed by atoms with Crippen LogP contribution in [0.4, 0.5) is 4.39 Å². The Kier molecular flexibility index (Phi) is 5.95. The fourth-order valence-electron chi connectivity index (χ4n) is 3.72.